The van der Waals surface area contributed by atoms with E-state index in [4.69, 9.17) is 5.26 Å². The highest BCUT2D eigenvalue weighted by atomic mass is 32.1. The summed E-state index contributed by atoms with van der Waals surface area (Å²) in [5.74, 6) is 0. The summed E-state index contributed by atoms with van der Waals surface area (Å²) >= 11 is 1.64. The second kappa shape index (κ2) is 5.00. The largest absolute Gasteiger partial charge is 0.285 e. The van der Waals surface area contributed by atoms with Gasteiger partial charge >= 0.3 is 0 Å². The Bertz CT molecular complexity index is 270. The fourth-order valence-electron chi connectivity index (χ4n) is 1.39. The molecule has 0 aromatic carbocycles. The molecule has 0 spiro atoms. The third-order valence-corrected chi connectivity index (χ3v) is 2.86. The van der Waals surface area contributed by atoms with E-state index in [2.05, 4.69) is 24.8 Å². The monoisotopic (exact) mass is 194 g/mol. The molecular weight excluding hydrogens is 180 g/mol. The maximum Gasteiger partial charge on any atom is 0.124 e. The lowest BCUT2D eigenvalue weighted by Gasteiger charge is -2.23. The first-order valence-electron chi connectivity index (χ1n) is 4.49. The predicted molar refractivity (Wildman–Crippen MR) is 55.6 cm³/mol. The van der Waals surface area contributed by atoms with Crippen LogP contribution in [0.3, 0.4) is 0 Å². The standard InChI is InChI=1S/C10H14N2S/c1-3-12(4-2)10(7-11)9-5-6-13-8-9/h5-6,8,10H,3-4H2,1-2H3. The van der Waals surface area contributed by atoms with Gasteiger partial charge in [0.25, 0.3) is 0 Å². The SMILES string of the molecule is CCN(CC)C(C#N)c1ccsc1. The molecule has 1 heterocycles. The second-order valence-electron chi connectivity index (χ2n) is 2.81. The molecule has 3 heteroatoms. The summed E-state index contributed by atoms with van der Waals surface area (Å²) < 4.78 is 0. The third kappa shape index (κ3) is 2.30. The van der Waals surface area contributed by atoms with Crippen LogP contribution in [-0.4, -0.2) is 18.0 Å². The molecule has 0 saturated carbocycles. The molecule has 13 heavy (non-hydrogen) atoms. The predicted octanol–water partition coefficient (Wildman–Crippen LogP) is 2.65. The van der Waals surface area contributed by atoms with Gasteiger partial charge in [-0.15, -0.1) is 0 Å². The van der Waals surface area contributed by atoms with Crippen LogP contribution in [0.1, 0.15) is 25.5 Å². The number of nitriles is 1. The van der Waals surface area contributed by atoms with Gasteiger partial charge in [-0.3, -0.25) is 4.90 Å². The number of thiophene rings is 1. The van der Waals surface area contributed by atoms with Crippen LogP contribution >= 0.6 is 11.3 Å². The third-order valence-electron chi connectivity index (χ3n) is 2.16. The molecule has 0 bridgehead atoms. The maximum atomic E-state index is 9.04. The molecule has 0 aliphatic carbocycles. The van der Waals surface area contributed by atoms with Crippen molar-refractivity contribution in [2.75, 3.05) is 13.1 Å². The quantitative estimate of drug-likeness (QED) is 0.736. The lowest BCUT2D eigenvalue weighted by Crippen LogP contribution is -2.27. The van der Waals surface area contributed by atoms with E-state index in [0.29, 0.717) is 0 Å². The normalized spacial score (nSPS) is 12.8. The lowest BCUT2D eigenvalue weighted by atomic mass is 10.1. The molecule has 1 aromatic heterocycles. The van der Waals surface area contributed by atoms with Crippen LogP contribution in [0.25, 0.3) is 0 Å². The topological polar surface area (TPSA) is 27.0 Å². The maximum absolute atomic E-state index is 9.04. The smallest absolute Gasteiger partial charge is 0.124 e. The van der Waals surface area contributed by atoms with Gasteiger partial charge in [0.05, 0.1) is 6.07 Å². The Hall–Kier alpha value is -0.850. The van der Waals surface area contributed by atoms with Gasteiger partial charge in [-0.1, -0.05) is 13.8 Å². The van der Waals surface area contributed by atoms with Crippen molar-refractivity contribution in [3.05, 3.63) is 22.4 Å². The van der Waals surface area contributed by atoms with E-state index in [1.54, 1.807) is 11.3 Å². The van der Waals surface area contributed by atoms with Gasteiger partial charge in [0, 0.05) is 0 Å². The zero-order valence-electron chi connectivity index (χ0n) is 8.03. The van der Waals surface area contributed by atoms with Gasteiger partial charge in [-0.05, 0) is 35.5 Å². The number of hydrogen-bond acceptors (Lipinski definition) is 3. The highest BCUT2D eigenvalue weighted by molar-refractivity contribution is 7.07. The van der Waals surface area contributed by atoms with Gasteiger partial charge in [0.2, 0.25) is 0 Å². The number of rotatable bonds is 4. The fraction of sp³-hybridized carbons (Fsp3) is 0.500. The summed E-state index contributed by atoms with van der Waals surface area (Å²) in [4.78, 5) is 2.15. The van der Waals surface area contributed by atoms with E-state index in [0.717, 1.165) is 18.7 Å². The Morgan fingerprint density at radius 2 is 2.23 bits per heavy atom. The van der Waals surface area contributed by atoms with Gasteiger partial charge in [0.15, 0.2) is 0 Å². The number of nitrogens with zero attached hydrogens (tertiary/aromatic N) is 2. The first-order chi connectivity index (χ1) is 6.33. The Kier molecular flexibility index (Phi) is 3.94. The van der Waals surface area contributed by atoms with Crippen LogP contribution in [0, 0.1) is 11.3 Å². The second-order valence-corrected chi connectivity index (χ2v) is 3.59. The molecule has 0 fully saturated rings. The zero-order valence-corrected chi connectivity index (χ0v) is 8.84. The Balaban J connectivity index is 2.80. The van der Waals surface area contributed by atoms with Crippen molar-refractivity contribution in [2.24, 2.45) is 0 Å². The zero-order chi connectivity index (χ0) is 9.68. The van der Waals surface area contributed by atoms with E-state index < -0.39 is 0 Å². The molecule has 1 atom stereocenters. The van der Waals surface area contributed by atoms with Crippen LogP contribution in [0.2, 0.25) is 0 Å². The van der Waals surface area contributed by atoms with Crippen molar-refractivity contribution in [1.29, 1.82) is 5.26 Å². The summed E-state index contributed by atoms with van der Waals surface area (Å²) in [6.07, 6.45) is 0. The summed E-state index contributed by atoms with van der Waals surface area (Å²) in [6.45, 7) is 6.01. The molecule has 1 unspecified atom stereocenters. The summed E-state index contributed by atoms with van der Waals surface area (Å²) in [7, 11) is 0. The van der Waals surface area contributed by atoms with Gasteiger partial charge < -0.3 is 0 Å². The van der Waals surface area contributed by atoms with Gasteiger partial charge in [-0.2, -0.15) is 16.6 Å². The first-order valence-corrected chi connectivity index (χ1v) is 5.43. The van der Waals surface area contributed by atoms with Gasteiger partial charge in [0.1, 0.15) is 6.04 Å². The van der Waals surface area contributed by atoms with E-state index >= 15 is 0 Å². The molecule has 0 saturated heterocycles. The lowest BCUT2D eigenvalue weighted by molar-refractivity contribution is 0.263. The molecule has 0 aliphatic rings. The van der Waals surface area contributed by atoms with Crippen LogP contribution in [0.5, 0.6) is 0 Å². The molecule has 0 aliphatic heterocycles. The van der Waals surface area contributed by atoms with Crippen molar-refractivity contribution in [3.63, 3.8) is 0 Å². The fourth-order valence-corrected chi connectivity index (χ4v) is 2.07. The Morgan fingerprint density at radius 1 is 1.54 bits per heavy atom. The van der Waals surface area contributed by atoms with Crippen molar-refractivity contribution >= 4 is 11.3 Å². The summed E-state index contributed by atoms with van der Waals surface area (Å²) in [6, 6.07) is 4.30. The van der Waals surface area contributed by atoms with E-state index in [1.165, 1.54) is 0 Å². The van der Waals surface area contributed by atoms with Crippen LogP contribution in [0.15, 0.2) is 16.8 Å². The van der Waals surface area contributed by atoms with Crippen molar-refractivity contribution in [3.8, 4) is 6.07 Å². The number of hydrogen-bond donors (Lipinski definition) is 0. The van der Waals surface area contributed by atoms with E-state index in [9.17, 15) is 0 Å². The molecule has 1 rings (SSSR count). The van der Waals surface area contributed by atoms with Crippen LogP contribution < -0.4 is 0 Å². The van der Waals surface area contributed by atoms with Gasteiger partial charge in [-0.25, -0.2) is 0 Å². The van der Waals surface area contributed by atoms with E-state index in [-0.39, 0.29) is 6.04 Å². The molecule has 1 aromatic rings. The minimum Gasteiger partial charge on any atom is -0.285 e. The molecule has 70 valence electrons. The van der Waals surface area contributed by atoms with Crippen LogP contribution in [-0.2, 0) is 0 Å². The Morgan fingerprint density at radius 3 is 2.62 bits per heavy atom. The molecule has 0 radical (unpaired) electrons. The molecule has 2 nitrogen and oxygen atoms in total. The van der Waals surface area contributed by atoms with Crippen molar-refractivity contribution < 1.29 is 0 Å². The minimum atomic E-state index is -0.0683. The van der Waals surface area contributed by atoms with E-state index in [1.807, 2.05) is 16.8 Å². The average molecular weight is 194 g/mol. The summed E-state index contributed by atoms with van der Waals surface area (Å²) in [5.41, 5.74) is 1.12. The molecule has 0 amide bonds. The highest BCUT2D eigenvalue weighted by Crippen LogP contribution is 2.21. The molecule has 0 N–H and O–H groups in total. The highest BCUT2D eigenvalue weighted by Gasteiger charge is 2.16. The molecular formula is C10H14N2S. The van der Waals surface area contributed by atoms with Crippen LogP contribution in [0.4, 0.5) is 0 Å². The minimum absolute atomic E-state index is 0.0683. The Labute approximate surface area is 83.4 Å². The first kappa shape index (κ1) is 10.2. The summed E-state index contributed by atoms with van der Waals surface area (Å²) in [5, 5.41) is 13.1. The van der Waals surface area contributed by atoms with Crippen molar-refractivity contribution in [2.45, 2.75) is 19.9 Å². The average Bonchev–Trinajstić information content (AvgIpc) is 2.66. The van der Waals surface area contributed by atoms with Crippen molar-refractivity contribution in [1.82, 2.24) is 4.90 Å².